The summed E-state index contributed by atoms with van der Waals surface area (Å²) in [4.78, 5) is 0. The van der Waals surface area contributed by atoms with Crippen LogP contribution >= 0.6 is 15.9 Å². The predicted molar refractivity (Wildman–Crippen MR) is 72.6 cm³/mol. The summed E-state index contributed by atoms with van der Waals surface area (Å²) < 4.78 is 1.18. The number of halogens is 1. The molecule has 0 bridgehead atoms. The van der Waals surface area contributed by atoms with Gasteiger partial charge in [0.05, 0.1) is 0 Å². The van der Waals surface area contributed by atoms with E-state index >= 15 is 0 Å². The maximum absolute atomic E-state index is 3.68. The maximum Gasteiger partial charge on any atom is 0.0177 e. The lowest BCUT2D eigenvalue weighted by molar-refractivity contribution is 0.396. The monoisotopic (exact) mass is 281 g/mol. The molecule has 1 N–H and O–H groups in total. The van der Waals surface area contributed by atoms with Gasteiger partial charge in [0.25, 0.3) is 0 Å². The van der Waals surface area contributed by atoms with E-state index in [2.05, 4.69) is 59.4 Å². The second-order valence-electron chi connectivity index (χ2n) is 5.04. The molecule has 0 aliphatic heterocycles. The quantitative estimate of drug-likeness (QED) is 0.867. The molecule has 88 valence electrons. The van der Waals surface area contributed by atoms with Crippen LogP contribution in [0.25, 0.3) is 0 Å². The largest absolute Gasteiger partial charge is 0.311 e. The topological polar surface area (TPSA) is 12.0 Å². The van der Waals surface area contributed by atoms with Crippen LogP contribution in [0.3, 0.4) is 0 Å². The van der Waals surface area contributed by atoms with Crippen LogP contribution in [0.4, 0.5) is 0 Å². The molecule has 1 aromatic carbocycles. The average Bonchev–Trinajstić information content (AvgIpc) is 3.01. The highest BCUT2D eigenvalue weighted by Crippen LogP contribution is 2.22. The molecule has 1 nitrogen and oxygen atoms in total. The normalized spacial score (nSPS) is 19.4. The first-order chi connectivity index (χ1) is 7.65. The summed E-state index contributed by atoms with van der Waals surface area (Å²) in [7, 11) is 0. The summed E-state index contributed by atoms with van der Waals surface area (Å²) in [5, 5.41) is 3.68. The Bertz CT molecular complexity index is 346. The minimum atomic E-state index is 0.617. The molecule has 1 aliphatic carbocycles. The zero-order chi connectivity index (χ0) is 11.5. The molecule has 1 aromatic rings. The van der Waals surface area contributed by atoms with Crippen LogP contribution in [-0.4, -0.2) is 12.1 Å². The lowest BCUT2D eigenvalue weighted by Crippen LogP contribution is -2.34. The first kappa shape index (κ1) is 12.1. The van der Waals surface area contributed by atoms with Gasteiger partial charge in [-0.1, -0.05) is 35.0 Å². The highest BCUT2D eigenvalue weighted by Gasteiger charge is 2.24. The van der Waals surface area contributed by atoms with Crippen LogP contribution < -0.4 is 5.32 Å². The molecule has 1 fully saturated rings. The third-order valence-electron chi connectivity index (χ3n) is 3.38. The van der Waals surface area contributed by atoms with E-state index in [1.54, 1.807) is 0 Å². The molecular formula is C14H20BrN. The lowest BCUT2D eigenvalue weighted by Gasteiger charge is -2.21. The first-order valence-corrected chi connectivity index (χ1v) is 6.95. The van der Waals surface area contributed by atoms with Gasteiger partial charge in [-0.25, -0.2) is 0 Å². The van der Waals surface area contributed by atoms with Gasteiger partial charge in [-0.3, -0.25) is 0 Å². The van der Waals surface area contributed by atoms with Crippen molar-refractivity contribution in [2.75, 3.05) is 0 Å². The standard InChI is InChI=1S/C14H20BrN/c1-10(11(2)16-14-6-7-14)8-12-4-3-5-13(15)9-12/h3-5,9-11,14,16H,6-8H2,1-2H3. The van der Waals surface area contributed by atoms with E-state index < -0.39 is 0 Å². The Hall–Kier alpha value is -0.340. The van der Waals surface area contributed by atoms with Crippen molar-refractivity contribution in [2.45, 2.75) is 45.2 Å². The predicted octanol–water partition coefficient (Wildman–Crippen LogP) is 3.77. The van der Waals surface area contributed by atoms with Crippen LogP contribution in [0.5, 0.6) is 0 Å². The molecule has 0 heterocycles. The molecule has 0 aromatic heterocycles. The molecule has 0 amide bonds. The fourth-order valence-corrected chi connectivity index (χ4v) is 2.45. The molecule has 16 heavy (non-hydrogen) atoms. The second kappa shape index (κ2) is 5.33. The Kier molecular flexibility index (Phi) is 4.04. The van der Waals surface area contributed by atoms with Crippen LogP contribution in [0.2, 0.25) is 0 Å². The minimum absolute atomic E-state index is 0.617. The number of hydrogen-bond acceptors (Lipinski definition) is 1. The first-order valence-electron chi connectivity index (χ1n) is 6.15. The third kappa shape index (κ3) is 3.60. The summed E-state index contributed by atoms with van der Waals surface area (Å²) >= 11 is 3.52. The van der Waals surface area contributed by atoms with Crippen LogP contribution in [-0.2, 0) is 6.42 Å². The molecule has 2 heteroatoms. The lowest BCUT2D eigenvalue weighted by atomic mass is 9.95. The van der Waals surface area contributed by atoms with Gasteiger partial charge in [0.2, 0.25) is 0 Å². The van der Waals surface area contributed by atoms with Gasteiger partial charge in [-0.2, -0.15) is 0 Å². The third-order valence-corrected chi connectivity index (χ3v) is 3.87. The van der Waals surface area contributed by atoms with Crippen molar-refractivity contribution in [3.8, 4) is 0 Å². The van der Waals surface area contributed by atoms with Gasteiger partial charge >= 0.3 is 0 Å². The molecular weight excluding hydrogens is 262 g/mol. The van der Waals surface area contributed by atoms with Gasteiger partial charge in [0, 0.05) is 16.6 Å². The fraction of sp³-hybridized carbons (Fsp3) is 0.571. The molecule has 2 rings (SSSR count). The van der Waals surface area contributed by atoms with E-state index in [0.29, 0.717) is 12.0 Å². The van der Waals surface area contributed by atoms with Crippen LogP contribution in [0.15, 0.2) is 28.7 Å². The van der Waals surface area contributed by atoms with Gasteiger partial charge in [-0.05, 0) is 49.8 Å². The van der Waals surface area contributed by atoms with Gasteiger partial charge in [-0.15, -0.1) is 0 Å². The molecule has 2 atom stereocenters. The van der Waals surface area contributed by atoms with E-state index in [-0.39, 0.29) is 0 Å². The van der Waals surface area contributed by atoms with Crippen molar-refractivity contribution in [3.05, 3.63) is 34.3 Å². The molecule has 0 spiro atoms. The Labute approximate surface area is 107 Å². The van der Waals surface area contributed by atoms with E-state index in [4.69, 9.17) is 0 Å². The van der Waals surface area contributed by atoms with E-state index in [1.807, 2.05) is 0 Å². The van der Waals surface area contributed by atoms with Gasteiger partial charge in [0.1, 0.15) is 0 Å². The average molecular weight is 282 g/mol. The SMILES string of the molecule is CC(Cc1cccc(Br)c1)C(C)NC1CC1. The fourth-order valence-electron chi connectivity index (χ4n) is 2.00. The minimum Gasteiger partial charge on any atom is -0.311 e. The Balaban J connectivity index is 1.87. The summed E-state index contributed by atoms with van der Waals surface area (Å²) in [6.45, 7) is 4.64. The van der Waals surface area contributed by atoms with Crippen molar-refractivity contribution < 1.29 is 0 Å². The Morgan fingerprint density at radius 3 is 2.75 bits per heavy atom. The molecule has 2 unspecified atom stereocenters. The maximum atomic E-state index is 3.68. The number of hydrogen-bond donors (Lipinski definition) is 1. The Morgan fingerprint density at radius 1 is 1.38 bits per heavy atom. The van der Waals surface area contributed by atoms with Crippen molar-refractivity contribution >= 4 is 15.9 Å². The number of nitrogens with one attached hydrogen (secondary N) is 1. The zero-order valence-corrected chi connectivity index (χ0v) is 11.6. The molecule has 0 radical (unpaired) electrons. The van der Waals surface area contributed by atoms with Crippen LogP contribution in [0, 0.1) is 5.92 Å². The zero-order valence-electron chi connectivity index (χ0n) is 10.0. The van der Waals surface area contributed by atoms with Crippen molar-refractivity contribution in [1.82, 2.24) is 5.32 Å². The Morgan fingerprint density at radius 2 is 2.12 bits per heavy atom. The molecule has 0 saturated heterocycles. The molecule has 1 saturated carbocycles. The van der Waals surface area contributed by atoms with Crippen molar-refractivity contribution in [1.29, 1.82) is 0 Å². The highest BCUT2D eigenvalue weighted by molar-refractivity contribution is 9.10. The van der Waals surface area contributed by atoms with Crippen molar-refractivity contribution in [2.24, 2.45) is 5.92 Å². The smallest absolute Gasteiger partial charge is 0.0177 e. The number of benzene rings is 1. The van der Waals surface area contributed by atoms with E-state index in [1.165, 1.54) is 22.9 Å². The van der Waals surface area contributed by atoms with E-state index in [0.717, 1.165) is 12.5 Å². The van der Waals surface area contributed by atoms with Crippen molar-refractivity contribution in [3.63, 3.8) is 0 Å². The number of rotatable bonds is 5. The van der Waals surface area contributed by atoms with E-state index in [9.17, 15) is 0 Å². The van der Waals surface area contributed by atoms with Gasteiger partial charge in [0.15, 0.2) is 0 Å². The summed E-state index contributed by atoms with van der Waals surface area (Å²) in [6, 6.07) is 10.1. The summed E-state index contributed by atoms with van der Waals surface area (Å²) in [6.07, 6.45) is 3.89. The van der Waals surface area contributed by atoms with Crippen LogP contribution in [0.1, 0.15) is 32.3 Å². The summed E-state index contributed by atoms with van der Waals surface area (Å²) in [5.41, 5.74) is 1.42. The summed E-state index contributed by atoms with van der Waals surface area (Å²) in [5.74, 6) is 0.690. The second-order valence-corrected chi connectivity index (χ2v) is 5.96. The molecule has 1 aliphatic rings. The van der Waals surface area contributed by atoms with Gasteiger partial charge < -0.3 is 5.32 Å². The highest BCUT2D eigenvalue weighted by atomic mass is 79.9.